The van der Waals surface area contributed by atoms with Crippen LogP contribution in [0.3, 0.4) is 0 Å². The van der Waals surface area contributed by atoms with E-state index in [0.717, 1.165) is 44.6 Å². The van der Waals surface area contributed by atoms with E-state index in [1.165, 1.54) is 0 Å². The van der Waals surface area contributed by atoms with Gasteiger partial charge in [0.1, 0.15) is 11.3 Å². The Hall–Kier alpha value is -3.54. The van der Waals surface area contributed by atoms with Crippen LogP contribution in [0.5, 0.6) is 0 Å². The Morgan fingerprint density at radius 2 is 1.75 bits per heavy atom. The molecule has 0 saturated heterocycles. The van der Waals surface area contributed by atoms with Crippen LogP contribution in [-0.2, 0) is 0 Å². The first kappa shape index (κ1) is 13.0. The number of H-pyrrole nitrogens is 2. The van der Waals surface area contributed by atoms with Crippen LogP contribution in [0.15, 0.2) is 61.2 Å². The van der Waals surface area contributed by atoms with Gasteiger partial charge in [-0.2, -0.15) is 5.10 Å². The predicted octanol–water partition coefficient (Wildman–Crippen LogP) is 3.56. The lowest BCUT2D eigenvalue weighted by atomic mass is 10.1. The van der Waals surface area contributed by atoms with Crippen molar-refractivity contribution >= 4 is 22.1 Å². The number of nitrogens with zero attached hydrogens (tertiary/aromatic N) is 4. The number of fused-ring (bicyclic) bond motifs is 2. The fraction of sp³-hybridized carbons (Fsp3) is 0. The second kappa shape index (κ2) is 4.99. The highest BCUT2D eigenvalue weighted by Crippen LogP contribution is 2.30. The summed E-state index contributed by atoms with van der Waals surface area (Å²) in [5.41, 5.74) is 5.47. The van der Waals surface area contributed by atoms with Crippen LogP contribution in [0.1, 0.15) is 0 Å². The van der Waals surface area contributed by atoms with Crippen molar-refractivity contribution in [1.29, 1.82) is 0 Å². The number of pyridine rings is 3. The van der Waals surface area contributed by atoms with Crippen LogP contribution in [0.2, 0.25) is 0 Å². The Morgan fingerprint density at radius 3 is 2.62 bits per heavy atom. The van der Waals surface area contributed by atoms with Crippen LogP contribution < -0.4 is 0 Å². The largest absolute Gasteiger partial charge is 0.338 e. The maximum atomic E-state index is 4.49. The molecule has 0 aliphatic rings. The molecule has 5 aromatic rings. The Bertz CT molecular complexity index is 1120. The summed E-state index contributed by atoms with van der Waals surface area (Å²) in [6.45, 7) is 0. The molecule has 0 aromatic carbocycles. The van der Waals surface area contributed by atoms with E-state index in [-0.39, 0.29) is 0 Å². The van der Waals surface area contributed by atoms with Crippen molar-refractivity contribution < 1.29 is 0 Å². The van der Waals surface area contributed by atoms with Gasteiger partial charge in [0.2, 0.25) is 0 Å². The van der Waals surface area contributed by atoms with Crippen molar-refractivity contribution in [3.8, 4) is 22.5 Å². The molecule has 24 heavy (non-hydrogen) atoms. The number of aromatic nitrogens is 6. The molecule has 0 amide bonds. The normalized spacial score (nSPS) is 11.3. The van der Waals surface area contributed by atoms with E-state index < -0.39 is 0 Å². The maximum absolute atomic E-state index is 4.49. The second-order valence-electron chi connectivity index (χ2n) is 5.55. The molecule has 0 aliphatic carbocycles. The SMILES string of the molecule is c1cnc2[nH]c(-c3n[nH]c4ncc(-c5ccncc5)cc34)cc2c1. The zero-order valence-electron chi connectivity index (χ0n) is 12.6. The Labute approximate surface area is 136 Å². The van der Waals surface area contributed by atoms with Crippen molar-refractivity contribution in [1.82, 2.24) is 30.1 Å². The quantitative estimate of drug-likeness (QED) is 0.522. The lowest BCUT2D eigenvalue weighted by Gasteiger charge is -2.01. The third-order valence-corrected chi connectivity index (χ3v) is 4.08. The molecule has 0 radical (unpaired) electrons. The average Bonchev–Trinajstić information content (AvgIpc) is 3.25. The van der Waals surface area contributed by atoms with Crippen LogP contribution in [-0.4, -0.2) is 30.1 Å². The summed E-state index contributed by atoms with van der Waals surface area (Å²) < 4.78 is 0. The molecule has 114 valence electrons. The molecule has 0 aliphatic heterocycles. The molecule has 5 aromatic heterocycles. The first-order chi connectivity index (χ1) is 11.9. The van der Waals surface area contributed by atoms with Gasteiger partial charge in [0, 0.05) is 41.1 Å². The molecule has 0 saturated carbocycles. The predicted molar refractivity (Wildman–Crippen MR) is 92.2 cm³/mol. The van der Waals surface area contributed by atoms with Gasteiger partial charge in [0.25, 0.3) is 0 Å². The number of hydrogen-bond acceptors (Lipinski definition) is 4. The Balaban J connectivity index is 1.71. The minimum absolute atomic E-state index is 0.759. The third kappa shape index (κ3) is 1.97. The lowest BCUT2D eigenvalue weighted by Crippen LogP contribution is -1.83. The van der Waals surface area contributed by atoms with E-state index in [4.69, 9.17) is 0 Å². The van der Waals surface area contributed by atoms with Crippen molar-refractivity contribution in [2.24, 2.45) is 0 Å². The van der Waals surface area contributed by atoms with E-state index in [9.17, 15) is 0 Å². The fourth-order valence-electron chi connectivity index (χ4n) is 2.90. The lowest BCUT2D eigenvalue weighted by molar-refractivity contribution is 1.10. The van der Waals surface area contributed by atoms with Crippen LogP contribution >= 0.6 is 0 Å². The molecule has 6 heteroatoms. The Kier molecular flexibility index (Phi) is 2.69. The summed E-state index contributed by atoms with van der Waals surface area (Å²) in [6.07, 6.45) is 7.17. The topological polar surface area (TPSA) is 83.1 Å². The van der Waals surface area contributed by atoms with Crippen LogP contribution in [0.4, 0.5) is 0 Å². The number of nitrogens with one attached hydrogen (secondary N) is 2. The second-order valence-corrected chi connectivity index (χ2v) is 5.55. The van der Waals surface area contributed by atoms with E-state index in [1.807, 2.05) is 30.5 Å². The summed E-state index contributed by atoms with van der Waals surface area (Å²) in [6, 6.07) is 12.0. The summed E-state index contributed by atoms with van der Waals surface area (Å²) in [5, 5.41) is 9.46. The molecule has 0 atom stereocenters. The molecule has 6 nitrogen and oxygen atoms in total. The van der Waals surface area contributed by atoms with Gasteiger partial charge >= 0.3 is 0 Å². The smallest absolute Gasteiger partial charge is 0.155 e. The van der Waals surface area contributed by atoms with Crippen LogP contribution in [0, 0.1) is 0 Å². The highest BCUT2D eigenvalue weighted by molar-refractivity contribution is 5.95. The monoisotopic (exact) mass is 312 g/mol. The summed E-state index contributed by atoms with van der Waals surface area (Å²) in [7, 11) is 0. The molecule has 5 rings (SSSR count). The number of aromatic amines is 2. The zero-order chi connectivity index (χ0) is 15.9. The summed E-state index contributed by atoms with van der Waals surface area (Å²) >= 11 is 0. The first-order valence-electron chi connectivity index (χ1n) is 7.57. The van der Waals surface area contributed by atoms with Gasteiger partial charge < -0.3 is 4.98 Å². The minimum atomic E-state index is 0.759. The van der Waals surface area contributed by atoms with E-state index in [2.05, 4.69) is 42.3 Å². The van der Waals surface area contributed by atoms with E-state index >= 15 is 0 Å². The number of rotatable bonds is 2. The van der Waals surface area contributed by atoms with Gasteiger partial charge in [-0.15, -0.1) is 0 Å². The molecular weight excluding hydrogens is 300 g/mol. The van der Waals surface area contributed by atoms with Gasteiger partial charge in [0.05, 0.1) is 5.69 Å². The van der Waals surface area contributed by atoms with Gasteiger partial charge in [-0.3, -0.25) is 10.1 Å². The van der Waals surface area contributed by atoms with E-state index in [1.54, 1.807) is 18.6 Å². The average molecular weight is 312 g/mol. The first-order valence-corrected chi connectivity index (χ1v) is 7.57. The fourth-order valence-corrected chi connectivity index (χ4v) is 2.90. The molecule has 5 heterocycles. The maximum Gasteiger partial charge on any atom is 0.155 e. The molecule has 0 fully saturated rings. The van der Waals surface area contributed by atoms with Gasteiger partial charge in [-0.05, 0) is 42.0 Å². The molecule has 0 unspecified atom stereocenters. The molecular formula is C18H12N6. The Morgan fingerprint density at radius 1 is 0.833 bits per heavy atom. The van der Waals surface area contributed by atoms with Gasteiger partial charge in [0.15, 0.2) is 5.65 Å². The summed E-state index contributed by atoms with van der Waals surface area (Å²) in [5.74, 6) is 0. The van der Waals surface area contributed by atoms with Gasteiger partial charge in [-0.1, -0.05) is 0 Å². The van der Waals surface area contributed by atoms with Crippen molar-refractivity contribution in [2.45, 2.75) is 0 Å². The van der Waals surface area contributed by atoms with Gasteiger partial charge in [-0.25, -0.2) is 9.97 Å². The van der Waals surface area contributed by atoms with Crippen molar-refractivity contribution in [3.05, 3.63) is 61.2 Å². The van der Waals surface area contributed by atoms with E-state index in [0.29, 0.717) is 0 Å². The van der Waals surface area contributed by atoms with Crippen LogP contribution in [0.25, 0.3) is 44.6 Å². The minimum Gasteiger partial charge on any atom is -0.338 e. The highest BCUT2D eigenvalue weighted by atomic mass is 15.2. The molecule has 2 N–H and O–H groups in total. The third-order valence-electron chi connectivity index (χ3n) is 4.08. The standard InChI is InChI=1S/C18H12N6/c1-2-12-9-15(22-17(12)20-5-1)16-14-8-13(10-21-18(14)24-23-16)11-3-6-19-7-4-11/h1-10H,(H,20,22)(H,21,23,24). The zero-order valence-corrected chi connectivity index (χ0v) is 12.6. The summed E-state index contributed by atoms with van der Waals surface area (Å²) in [4.78, 5) is 16.2. The molecule has 0 spiro atoms. The van der Waals surface area contributed by atoms with Crippen molar-refractivity contribution in [2.75, 3.05) is 0 Å². The van der Waals surface area contributed by atoms with Crippen molar-refractivity contribution in [3.63, 3.8) is 0 Å². The molecule has 0 bridgehead atoms. The highest BCUT2D eigenvalue weighted by Gasteiger charge is 2.13. The number of hydrogen-bond donors (Lipinski definition) is 2.